The number of hydrogen-bond donors (Lipinski definition) is 0. The average molecular weight is 429 g/mol. The summed E-state index contributed by atoms with van der Waals surface area (Å²) in [5, 5.41) is 1.72. The quantitative estimate of drug-likeness (QED) is 0.709. The molecule has 27 heavy (non-hydrogen) atoms. The van der Waals surface area contributed by atoms with Crippen LogP contribution >= 0.6 is 11.3 Å². The van der Waals surface area contributed by atoms with Crippen molar-refractivity contribution in [3.63, 3.8) is 0 Å². The Morgan fingerprint density at radius 1 is 0.889 bits per heavy atom. The molecule has 0 radical (unpaired) electrons. The van der Waals surface area contributed by atoms with E-state index >= 15 is 0 Å². The lowest BCUT2D eigenvalue weighted by Crippen LogP contribution is -2.50. The molecule has 9 heteroatoms. The monoisotopic (exact) mass is 428 g/mol. The normalized spacial score (nSPS) is 17.4. The molecule has 0 N–H and O–H groups in total. The molecule has 0 aliphatic carbocycles. The molecule has 0 amide bonds. The van der Waals surface area contributed by atoms with Gasteiger partial charge in [-0.3, -0.25) is 0 Å². The first-order valence-corrected chi connectivity index (χ1v) is 12.6. The highest BCUT2D eigenvalue weighted by atomic mass is 32.2. The second-order valence-corrected chi connectivity index (χ2v) is 12.0. The molecule has 148 valence electrons. The Morgan fingerprint density at radius 3 is 1.93 bits per heavy atom. The topological polar surface area (TPSA) is 74.8 Å². The third-order valence-electron chi connectivity index (χ3n) is 4.49. The summed E-state index contributed by atoms with van der Waals surface area (Å²) < 4.78 is 53.9. The van der Waals surface area contributed by atoms with Crippen molar-refractivity contribution in [1.29, 1.82) is 0 Å². The van der Waals surface area contributed by atoms with Crippen molar-refractivity contribution in [3.8, 4) is 0 Å². The van der Waals surface area contributed by atoms with Gasteiger partial charge in [-0.1, -0.05) is 32.0 Å². The Balaban J connectivity index is 1.69. The zero-order chi connectivity index (χ0) is 19.7. The molecule has 2 heterocycles. The summed E-state index contributed by atoms with van der Waals surface area (Å²) in [7, 11) is -7.15. The maximum atomic E-state index is 12.9. The highest BCUT2D eigenvalue weighted by Crippen LogP contribution is 2.24. The van der Waals surface area contributed by atoms with Crippen LogP contribution in [0.5, 0.6) is 0 Å². The fourth-order valence-electron chi connectivity index (χ4n) is 3.11. The molecular formula is C18H24N2O4S3. The SMILES string of the molecule is CC(C)Cc1ccc(S(=O)(=O)N2CCN(S(=O)(=O)c3cccs3)CC2)cc1. The Morgan fingerprint density at radius 2 is 1.44 bits per heavy atom. The molecule has 0 unspecified atom stereocenters. The summed E-state index contributed by atoms with van der Waals surface area (Å²) in [5.74, 6) is 0.505. The van der Waals surface area contributed by atoms with Crippen molar-refractivity contribution in [2.45, 2.75) is 29.4 Å². The number of piperazine rings is 1. The van der Waals surface area contributed by atoms with Gasteiger partial charge in [0.2, 0.25) is 10.0 Å². The average Bonchev–Trinajstić information content (AvgIpc) is 3.17. The molecule has 3 rings (SSSR count). The molecule has 6 nitrogen and oxygen atoms in total. The van der Waals surface area contributed by atoms with Crippen LogP contribution in [-0.4, -0.2) is 51.6 Å². The molecule has 1 aliphatic rings. The summed E-state index contributed by atoms with van der Waals surface area (Å²) in [4.78, 5) is 0.254. The lowest BCUT2D eigenvalue weighted by molar-refractivity contribution is 0.273. The number of sulfonamides is 2. The first-order chi connectivity index (χ1) is 12.7. The van der Waals surface area contributed by atoms with Crippen molar-refractivity contribution in [1.82, 2.24) is 8.61 Å². The van der Waals surface area contributed by atoms with Gasteiger partial charge in [-0.25, -0.2) is 16.8 Å². The number of rotatable bonds is 6. The second-order valence-electron chi connectivity index (χ2n) is 6.98. The number of nitrogens with zero attached hydrogens (tertiary/aromatic N) is 2. The maximum absolute atomic E-state index is 12.9. The van der Waals surface area contributed by atoms with Crippen LogP contribution in [0.15, 0.2) is 50.9 Å². The van der Waals surface area contributed by atoms with Gasteiger partial charge in [0.1, 0.15) is 4.21 Å². The van der Waals surface area contributed by atoms with Crippen molar-refractivity contribution in [2.75, 3.05) is 26.2 Å². The summed E-state index contributed by atoms with van der Waals surface area (Å²) in [6, 6.07) is 10.3. The molecule has 0 bridgehead atoms. The standard InChI is InChI=1S/C18H24N2O4S3/c1-15(2)14-16-5-7-17(8-6-16)26(21,22)19-9-11-20(12-10-19)27(23,24)18-4-3-13-25-18/h3-8,13,15H,9-12,14H2,1-2H3. The summed E-state index contributed by atoms with van der Waals surface area (Å²) in [6.45, 7) is 4.86. The van der Waals surface area contributed by atoms with Gasteiger partial charge in [0.05, 0.1) is 4.90 Å². The highest BCUT2D eigenvalue weighted by molar-refractivity contribution is 7.91. The predicted molar refractivity (Wildman–Crippen MR) is 107 cm³/mol. The predicted octanol–water partition coefficient (Wildman–Crippen LogP) is 2.64. The van der Waals surface area contributed by atoms with E-state index < -0.39 is 20.0 Å². The van der Waals surface area contributed by atoms with Crippen molar-refractivity contribution in [2.24, 2.45) is 5.92 Å². The van der Waals surface area contributed by atoms with Crippen LogP contribution < -0.4 is 0 Å². The first kappa shape index (κ1) is 20.5. The van der Waals surface area contributed by atoms with Gasteiger partial charge in [-0.05, 0) is 41.5 Å². The van der Waals surface area contributed by atoms with E-state index in [9.17, 15) is 16.8 Å². The van der Waals surface area contributed by atoms with E-state index in [2.05, 4.69) is 13.8 Å². The van der Waals surface area contributed by atoms with E-state index in [0.717, 1.165) is 12.0 Å². The van der Waals surface area contributed by atoms with Gasteiger partial charge in [-0.15, -0.1) is 11.3 Å². The number of benzene rings is 1. The van der Waals surface area contributed by atoms with E-state index in [4.69, 9.17) is 0 Å². The van der Waals surface area contributed by atoms with E-state index in [0.29, 0.717) is 10.1 Å². The van der Waals surface area contributed by atoms with Crippen molar-refractivity contribution >= 4 is 31.4 Å². The molecule has 2 aromatic rings. The Hall–Kier alpha value is -1.26. The van der Waals surface area contributed by atoms with E-state index in [1.165, 1.54) is 19.9 Å². The molecule has 1 fully saturated rings. The van der Waals surface area contributed by atoms with Crippen molar-refractivity contribution in [3.05, 3.63) is 47.3 Å². The molecule has 0 saturated carbocycles. The van der Waals surface area contributed by atoms with Crippen LogP contribution in [0.1, 0.15) is 19.4 Å². The Kier molecular flexibility index (Phi) is 6.07. The second kappa shape index (κ2) is 8.00. The van der Waals surface area contributed by atoms with Gasteiger partial charge in [0.15, 0.2) is 0 Å². The lowest BCUT2D eigenvalue weighted by atomic mass is 10.0. The molecule has 1 aliphatic heterocycles. The van der Waals surface area contributed by atoms with Crippen LogP contribution in [0.2, 0.25) is 0 Å². The van der Waals surface area contributed by atoms with Gasteiger partial charge < -0.3 is 0 Å². The van der Waals surface area contributed by atoms with Gasteiger partial charge in [-0.2, -0.15) is 8.61 Å². The third-order valence-corrected chi connectivity index (χ3v) is 9.68. The van der Waals surface area contributed by atoms with Crippen LogP contribution in [0.25, 0.3) is 0 Å². The van der Waals surface area contributed by atoms with E-state index in [-0.39, 0.29) is 31.1 Å². The number of thiophene rings is 1. The van der Waals surface area contributed by atoms with Crippen molar-refractivity contribution < 1.29 is 16.8 Å². The molecule has 1 aromatic carbocycles. The minimum absolute atomic E-state index is 0.153. The molecule has 1 saturated heterocycles. The highest BCUT2D eigenvalue weighted by Gasteiger charge is 2.34. The molecular weight excluding hydrogens is 404 g/mol. The fourth-order valence-corrected chi connectivity index (χ4v) is 7.09. The largest absolute Gasteiger partial charge is 0.252 e. The van der Waals surface area contributed by atoms with Crippen LogP contribution in [-0.2, 0) is 26.5 Å². The minimum Gasteiger partial charge on any atom is -0.207 e. The first-order valence-electron chi connectivity index (χ1n) is 8.84. The fraction of sp³-hybridized carbons (Fsp3) is 0.444. The van der Waals surface area contributed by atoms with Gasteiger partial charge in [0.25, 0.3) is 10.0 Å². The summed E-state index contributed by atoms with van der Waals surface area (Å²) in [6.07, 6.45) is 0.902. The molecule has 1 aromatic heterocycles. The van der Waals surface area contributed by atoms with Crippen LogP contribution in [0.3, 0.4) is 0 Å². The zero-order valence-corrected chi connectivity index (χ0v) is 17.9. The van der Waals surface area contributed by atoms with E-state index in [1.54, 1.807) is 29.6 Å². The Labute approximate surface area is 165 Å². The molecule has 0 spiro atoms. The smallest absolute Gasteiger partial charge is 0.207 e. The third kappa shape index (κ3) is 4.43. The lowest BCUT2D eigenvalue weighted by Gasteiger charge is -2.33. The van der Waals surface area contributed by atoms with Crippen LogP contribution in [0, 0.1) is 5.92 Å². The summed E-state index contributed by atoms with van der Waals surface area (Å²) in [5.41, 5.74) is 1.11. The maximum Gasteiger partial charge on any atom is 0.252 e. The Bertz CT molecular complexity index is 958. The zero-order valence-electron chi connectivity index (χ0n) is 15.4. The van der Waals surface area contributed by atoms with Gasteiger partial charge >= 0.3 is 0 Å². The van der Waals surface area contributed by atoms with Crippen LogP contribution in [0.4, 0.5) is 0 Å². The molecule has 0 atom stereocenters. The minimum atomic E-state index is -3.62. The summed E-state index contributed by atoms with van der Waals surface area (Å²) >= 11 is 1.17. The number of hydrogen-bond acceptors (Lipinski definition) is 5. The van der Waals surface area contributed by atoms with Gasteiger partial charge in [0, 0.05) is 26.2 Å². The van der Waals surface area contributed by atoms with E-state index in [1.807, 2.05) is 12.1 Å².